The average Bonchev–Trinajstić information content (AvgIpc) is 2.79. The van der Waals surface area contributed by atoms with Crippen LogP contribution in [0.15, 0.2) is 18.2 Å². The topological polar surface area (TPSA) is 17.1 Å². The van der Waals surface area contributed by atoms with Gasteiger partial charge in [-0.1, -0.05) is 24.6 Å². The van der Waals surface area contributed by atoms with E-state index in [9.17, 15) is 4.79 Å². The van der Waals surface area contributed by atoms with E-state index in [4.69, 9.17) is 0 Å². The van der Waals surface area contributed by atoms with Gasteiger partial charge in [0.2, 0.25) is 0 Å². The number of fused-ring (bicyclic) bond motifs is 1. The van der Waals surface area contributed by atoms with Gasteiger partial charge in [0.05, 0.1) is 0 Å². The van der Waals surface area contributed by atoms with Gasteiger partial charge in [0, 0.05) is 12.3 Å². The Hall–Kier alpha value is -1.11. The maximum atomic E-state index is 11.8. The van der Waals surface area contributed by atoms with E-state index in [2.05, 4.69) is 18.2 Å². The van der Waals surface area contributed by atoms with Gasteiger partial charge in [0.15, 0.2) is 0 Å². The van der Waals surface area contributed by atoms with Crippen molar-refractivity contribution in [3.8, 4) is 0 Å². The molecule has 3 rings (SSSR count). The monoisotopic (exact) mass is 228 g/mol. The van der Waals surface area contributed by atoms with E-state index in [-0.39, 0.29) is 0 Å². The van der Waals surface area contributed by atoms with Crippen molar-refractivity contribution in [1.82, 2.24) is 0 Å². The number of ketones is 1. The molecule has 0 amide bonds. The smallest absolute Gasteiger partial charge is 0.136 e. The highest BCUT2D eigenvalue weighted by molar-refractivity contribution is 5.81. The molecular formula is C16H20O. The summed E-state index contributed by atoms with van der Waals surface area (Å²) in [5, 5.41) is 0. The van der Waals surface area contributed by atoms with Crippen LogP contribution in [0.5, 0.6) is 0 Å². The van der Waals surface area contributed by atoms with Gasteiger partial charge in [0.25, 0.3) is 0 Å². The highest BCUT2D eigenvalue weighted by Gasteiger charge is 2.22. The van der Waals surface area contributed by atoms with Crippen LogP contribution in [-0.4, -0.2) is 5.78 Å². The predicted molar refractivity (Wildman–Crippen MR) is 69.1 cm³/mol. The molecule has 0 radical (unpaired) electrons. The minimum absolute atomic E-state index is 0.309. The Balaban J connectivity index is 1.74. The molecule has 2 aliphatic carbocycles. The van der Waals surface area contributed by atoms with Crippen molar-refractivity contribution in [1.29, 1.82) is 0 Å². The van der Waals surface area contributed by atoms with E-state index >= 15 is 0 Å². The zero-order chi connectivity index (χ0) is 11.7. The average molecular weight is 228 g/mol. The Kier molecular flexibility index (Phi) is 3.00. The van der Waals surface area contributed by atoms with Gasteiger partial charge >= 0.3 is 0 Å². The third-order valence-electron chi connectivity index (χ3n) is 4.33. The number of hydrogen-bond acceptors (Lipinski definition) is 1. The molecule has 1 aromatic rings. The van der Waals surface area contributed by atoms with Crippen LogP contribution in [0, 0.1) is 5.92 Å². The first-order valence-corrected chi connectivity index (χ1v) is 6.96. The van der Waals surface area contributed by atoms with Crippen LogP contribution >= 0.6 is 0 Å². The largest absolute Gasteiger partial charge is 0.299 e. The predicted octanol–water partition coefficient (Wildman–Crippen LogP) is 3.48. The van der Waals surface area contributed by atoms with Crippen molar-refractivity contribution in [2.75, 3.05) is 0 Å². The first-order chi connectivity index (χ1) is 8.33. The van der Waals surface area contributed by atoms with Crippen LogP contribution in [0.2, 0.25) is 0 Å². The molecule has 1 aromatic carbocycles. The summed E-state index contributed by atoms with van der Waals surface area (Å²) in [4.78, 5) is 11.8. The van der Waals surface area contributed by atoms with Gasteiger partial charge in [-0.3, -0.25) is 4.79 Å². The Bertz CT molecular complexity index is 433. The fourth-order valence-corrected chi connectivity index (χ4v) is 3.31. The Labute approximate surface area is 103 Å². The third kappa shape index (κ3) is 2.29. The molecule has 1 nitrogen and oxygen atoms in total. The van der Waals surface area contributed by atoms with Crippen LogP contribution < -0.4 is 0 Å². The van der Waals surface area contributed by atoms with Gasteiger partial charge < -0.3 is 0 Å². The molecular weight excluding hydrogens is 208 g/mol. The van der Waals surface area contributed by atoms with E-state index in [0.717, 1.165) is 25.7 Å². The minimum Gasteiger partial charge on any atom is -0.299 e. The molecule has 0 heterocycles. The van der Waals surface area contributed by atoms with Crippen molar-refractivity contribution < 1.29 is 4.79 Å². The van der Waals surface area contributed by atoms with E-state index < -0.39 is 0 Å². The van der Waals surface area contributed by atoms with Crippen LogP contribution in [-0.2, 0) is 24.1 Å². The van der Waals surface area contributed by atoms with Crippen molar-refractivity contribution in [2.24, 2.45) is 5.92 Å². The number of carbonyl (C=O) groups excluding carboxylic acids is 1. The molecule has 1 heteroatoms. The van der Waals surface area contributed by atoms with Crippen molar-refractivity contribution >= 4 is 5.78 Å². The van der Waals surface area contributed by atoms with E-state index in [1.54, 1.807) is 0 Å². The second kappa shape index (κ2) is 4.64. The summed E-state index contributed by atoms with van der Waals surface area (Å²) in [5.74, 6) is 0.806. The number of rotatable bonds is 2. The fourth-order valence-electron chi connectivity index (χ4n) is 3.31. The standard InChI is InChI=1S/C16H20O/c17-16-7-2-1-4-15(16)11-12-8-9-13-5-3-6-14(13)10-12/h8-10,15H,1-7,11H2. The maximum absolute atomic E-state index is 11.8. The summed E-state index contributed by atoms with van der Waals surface area (Å²) in [5.41, 5.74) is 4.44. The molecule has 90 valence electrons. The number of Topliss-reactive ketones (excluding diaryl/α,β-unsaturated/α-hetero) is 1. The summed E-state index contributed by atoms with van der Waals surface area (Å²) in [6.45, 7) is 0. The lowest BCUT2D eigenvalue weighted by Gasteiger charge is -2.20. The number of carbonyl (C=O) groups is 1. The van der Waals surface area contributed by atoms with Crippen molar-refractivity contribution in [3.05, 3.63) is 34.9 Å². The van der Waals surface area contributed by atoms with Gasteiger partial charge in [-0.05, 0) is 55.2 Å². The molecule has 1 atom stereocenters. The Morgan fingerprint density at radius 3 is 2.76 bits per heavy atom. The second-order valence-electron chi connectivity index (χ2n) is 5.57. The molecule has 1 unspecified atom stereocenters. The molecule has 1 fully saturated rings. The Morgan fingerprint density at radius 2 is 1.88 bits per heavy atom. The zero-order valence-electron chi connectivity index (χ0n) is 10.4. The lowest BCUT2D eigenvalue weighted by molar-refractivity contribution is -0.124. The van der Waals surface area contributed by atoms with Gasteiger partial charge in [-0.25, -0.2) is 0 Å². The first-order valence-electron chi connectivity index (χ1n) is 6.96. The van der Waals surface area contributed by atoms with E-state index in [1.165, 1.54) is 42.4 Å². The molecule has 0 bridgehead atoms. The number of hydrogen-bond donors (Lipinski definition) is 0. The van der Waals surface area contributed by atoms with Gasteiger partial charge in [0.1, 0.15) is 5.78 Å². The molecule has 0 N–H and O–H groups in total. The normalized spacial score (nSPS) is 23.8. The van der Waals surface area contributed by atoms with Crippen LogP contribution in [0.1, 0.15) is 48.8 Å². The number of benzene rings is 1. The quantitative estimate of drug-likeness (QED) is 0.757. The van der Waals surface area contributed by atoms with Crippen LogP contribution in [0.4, 0.5) is 0 Å². The highest BCUT2D eigenvalue weighted by Crippen LogP contribution is 2.27. The van der Waals surface area contributed by atoms with Crippen LogP contribution in [0.25, 0.3) is 0 Å². The molecule has 0 spiro atoms. The molecule has 0 aromatic heterocycles. The summed E-state index contributed by atoms with van der Waals surface area (Å²) >= 11 is 0. The van der Waals surface area contributed by atoms with Crippen molar-refractivity contribution in [2.45, 2.75) is 51.4 Å². The summed E-state index contributed by atoms with van der Waals surface area (Å²) in [7, 11) is 0. The lowest BCUT2D eigenvalue weighted by atomic mass is 9.83. The third-order valence-corrected chi connectivity index (χ3v) is 4.33. The summed E-state index contributed by atoms with van der Waals surface area (Å²) in [6.07, 6.45) is 9.04. The molecule has 1 saturated carbocycles. The molecule has 0 saturated heterocycles. The van der Waals surface area contributed by atoms with E-state index in [1.807, 2.05) is 0 Å². The highest BCUT2D eigenvalue weighted by atomic mass is 16.1. The Morgan fingerprint density at radius 1 is 1.00 bits per heavy atom. The summed E-state index contributed by atoms with van der Waals surface area (Å²) < 4.78 is 0. The second-order valence-corrected chi connectivity index (χ2v) is 5.57. The molecule has 0 aliphatic heterocycles. The maximum Gasteiger partial charge on any atom is 0.136 e. The lowest BCUT2D eigenvalue weighted by Crippen LogP contribution is -2.21. The molecule has 2 aliphatic rings. The first kappa shape index (κ1) is 11.0. The number of aryl methyl sites for hydroxylation is 2. The van der Waals surface area contributed by atoms with Gasteiger partial charge in [-0.15, -0.1) is 0 Å². The minimum atomic E-state index is 0.309. The van der Waals surface area contributed by atoms with Crippen LogP contribution in [0.3, 0.4) is 0 Å². The zero-order valence-corrected chi connectivity index (χ0v) is 10.4. The van der Waals surface area contributed by atoms with Gasteiger partial charge in [-0.2, -0.15) is 0 Å². The fraction of sp³-hybridized carbons (Fsp3) is 0.562. The molecule has 17 heavy (non-hydrogen) atoms. The SMILES string of the molecule is O=C1CCCCC1Cc1ccc2c(c1)CCC2. The summed E-state index contributed by atoms with van der Waals surface area (Å²) in [6, 6.07) is 6.88. The van der Waals surface area contributed by atoms with E-state index in [0.29, 0.717) is 11.7 Å². The van der Waals surface area contributed by atoms with Crippen molar-refractivity contribution in [3.63, 3.8) is 0 Å².